The molecule has 1 N–H and O–H groups in total. The summed E-state index contributed by atoms with van der Waals surface area (Å²) in [6, 6.07) is 7.93. The van der Waals surface area contributed by atoms with Crippen molar-refractivity contribution in [2.24, 2.45) is 0 Å². The maximum absolute atomic E-state index is 5.75. The quantitative estimate of drug-likeness (QED) is 0.700. The molecule has 0 spiro atoms. The lowest BCUT2D eigenvalue weighted by atomic mass is 10.1. The third-order valence-electron chi connectivity index (χ3n) is 2.48. The summed E-state index contributed by atoms with van der Waals surface area (Å²) < 4.78 is 15.9. The van der Waals surface area contributed by atoms with Crippen molar-refractivity contribution in [3.63, 3.8) is 0 Å². The number of nitrogens with one attached hydrogen (secondary N) is 1. The van der Waals surface area contributed by atoms with E-state index in [-0.39, 0.29) is 6.10 Å². The smallest absolute Gasteiger partial charge is 0.118 e. The Balaban J connectivity index is 2.60. The van der Waals surface area contributed by atoms with Crippen molar-refractivity contribution >= 4 is 0 Å². The summed E-state index contributed by atoms with van der Waals surface area (Å²) >= 11 is 0. The molecular formula is C13H21NO3. The summed E-state index contributed by atoms with van der Waals surface area (Å²) in [6.45, 7) is 1.97. The van der Waals surface area contributed by atoms with Crippen LogP contribution in [0.3, 0.4) is 0 Å². The van der Waals surface area contributed by atoms with Gasteiger partial charge in [-0.25, -0.2) is 0 Å². The van der Waals surface area contributed by atoms with Crippen LogP contribution in [-0.2, 0) is 9.47 Å². The van der Waals surface area contributed by atoms with Gasteiger partial charge in [0.25, 0.3) is 0 Å². The van der Waals surface area contributed by atoms with Gasteiger partial charge in [0.1, 0.15) is 5.75 Å². The number of hydrogen-bond acceptors (Lipinski definition) is 4. The van der Waals surface area contributed by atoms with Crippen LogP contribution >= 0.6 is 0 Å². The van der Waals surface area contributed by atoms with E-state index in [1.54, 1.807) is 14.2 Å². The molecule has 0 aromatic heterocycles. The van der Waals surface area contributed by atoms with Crippen molar-refractivity contribution < 1.29 is 14.2 Å². The van der Waals surface area contributed by atoms with Gasteiger partial charge >= 0.3 is 0 Å². The monoisotopic (exact) mass is 239 g/mol. The highest BCUT2D eigenvalue weighted by atomic mass is 16.5. The summed E-state index contributed by atoms with van der Waals surface area (Å²) in [7, 11) is 5.25. The second-order valence-electron chi connectivity index (χ2n) is 3.68. The summed E-state index contributed by atoms with van der Waals surface area (Å²) in [4.78, 5) is 0. The lowest BCUT2D eigenvalue weighted by Crippen LogP contribution is -2.21. The molecule has 1 rings (SSSR count). The van der Waals surface area contributed by atoms with E-state index in [0.29, 0.717) is 13.2 Å². The van der Waals surface area contributed by atoms with E-state index in [0.717, 1.165) is 17.9 Å². The van der Waals surface area contributed by atoms with Crippen molar-refractivity contribution in [2.75, 3.05) is 41.0 Å². The summed E-state index contributed by atoms with van der Waals surface area (Å²) in [5.41, 5.74) is 1.14. The number of likely N-dealkylation sites (N-methyl/N-ethyl adjacent to an activating group) is 1. The molecule has 0 radical (unpaired) electrons. The average molecular weight is 239 g/mol. The van der Waals surface area contributed by atoms with Gasteiger partial charge in [-0.1, -0.05) is 12.1 Å². The highest BCUT2D eigenvalue weighted by molar-refractivity contribution is 5.28. The van der Waals surface area contributed by atoms with Gasteiger partial charge in [-0.05, 0) is 24.7 Å². The Labute approximate surface area is 103 Å². The van der Waals surface area contributed by atoms with Crippen LogP contribution in [0.15, 0.2) is 24.3 Å². The van der Waals surface area contributed by atoms with Gasteiger partial charge < -0.3 is 19.5 Å². The van der Waals surface area contributed by atoms with Gasteiger partial charge in [0.2, 0.25) is 0 Å². The zero-order valence-electron chi connectivity index (χ0n) is 10.7. The zero-order chi connectivity index (χ0) is 12.5. The van der Waals surface area contributed by atoms with Crippen molar-refractivity contribution in [3.8, 4) is 5.75 Å². The highest BCUT2D eigenvalue weighted by Gasteiger charge is 2.10. The summed E-state index contributed by atoms with van der Waals surface area (Å²) in [6.07, 6.45) is 0.0426. The Morgan fingerprint density at radius 3 is 2.35 bits per heavy atom. The topological polar surface area (TPSA) is 39.7 Å². The van der Waals surface area contributed by atoms with E-state index in [4.69, 9.17) is 14.2 Å². The van der Waals surface area contributed by atoms with Gasteiger partial charge in [0.15, 0.2) is 0 Å². The van der Waals surface area contributed by atoms with E-state index < -0.39 is 0 Å². The Morgan fingerprint density at radius 2 is 1.82 bits per heavy atom. The van der Waals surface area contributed by atoms with Gasteiger partial charge in [0.05, 0.1) is 26.4 Å². The third-order valence-corrected chi connectivity index (χ3v) is 2.48. The first kappa shape index (κ1) is 14.0. The Hall–Kier alpha value is -1.10. The van der Waals surface area contributed by atoms with Gasteiger partial charge in [0, 0.05) is 13.7 Å². The molecule has 1 unspecified atom stereocenters. The Kier molecular flexibility index (Phi) is 6.62. The fourth-order valence-electron chi connectivity index (χ4n) is 1.55. The van der Waals surface area contributed by atoms with E-state index >= 15 is 0 Å². The molecule has 0 aliphatic carbocycles. The van der Waals surface area contributed by atoms with E-state index in [1.165, 1.54) is 0 Å². The first-order valence-electron chi connectivity index (χ1n) is 5.71. The maximum atomic E-state index is 5.75. The van der Waals surface area contributed by atoms with Crippen LogP contribution in [0.1, 0.15) is 11.7 Å². The molecule has 1 aromatic carbocycles. The van der Waals surface area contributed by atoms with Crippen LogP contribution in [0.5, 0.6) is 5.75 Å². The summed E-state index contributed by atoms with van der Waals surface area (Å²) in [5, 5.41) is 3.12. The minimum Gasteiger partial charge on any atom is -0.497 e. The van der Waals surface area contributed by atoms with Crippen LogP contribution in [-0.4, -0.2) is 41.0 Å². The predicted molar refractivity (Wildman–Crippen MR) is 67.5 cm³/mol. The molecule has 0 amide bonds. The second-order valence-corrected chi connectivity index (χ2v) is 3.68. The standard InChI is InChI=1S/C13H21NO3/c1-14-10-13(17-9-8-15-2)11-4-6-12(16-3)7-5-11/h4-7,13-14H,8-10H2,1-3H3. The Morgan fingerprint density at radius 1 is 1.12 bits per heavy atom. The minimum absolute atomic E-state index is 0.0426. The lowest BCUT2D eigenvalue weighted by Gasteiger charge is -2.18. The zero-order valence-corrected chi connectivity index (χ0v) is 10.7. The molecule has 0 saturated carbocycles. The van der Waals surface area contributed by atoms with E-state index in [2.05, 4.69) is 5.32 Å². The second kappa shape index (κ2) is 8.06. The van der Waals surface area contributed by atoms with Crippen LogP contribution in [0.4, 0.5) is 0 Å². The van der Waals surface area contributed by atoms with Gasteiger partial charge in [-0.15, -0.1) is 0 Å². The van der Waals surface area contributed by atoms with E-state index in [1.807, 2.05) is 31.3 Å². The average Bonchev–Trinajstić information content (AvgIpc) is 2.38. The van der Waals surface area contributed by atoms with Crippen molar-refractivity contribution in [1.29, 1.82) is 0 Å². The fraction of sp³-hybridized carbons (Fsp3) is 0.538. The van der Waals surface area contributed by atoms with Crippen LogP contribution in [0.2, 0.25) is 0 Å². The molecule has 0 fully saturated rings. The van der Waals surface area contributed by atoms with Crippen molar-refractivity contribution in [2.45, 2.75) is 6.10 Å². The van der Waals surface area contributed by atoms with Crippen molar-refractivity contribution in [3.05, 3.63) is 29.8 Å². The maximum Gasteiger partial charge on any atom is 0.118 e. The SMILES string of the molecule is CNCC(OCCOC)c1ccc(OC)cc1. The van der Waals surface area contributed by atoms with Crippen LogP contribution in [0.25, 0.3) is 0 Å². The predicted octanol–water partition coefficient (Wildman–Crippen LogP) is 1.62. The molecule has 0 aliphatic heterocycles. The van der Waals surface area contributed by atoms with Gasteiger partial charge in [-0.3, -0.25) is 0 Å². The first-order chi connectivity index (χ1) is 8.31. The lowest BCUT2D eigenvalue weighted by molar-refractivity contribution is 0.0175. The molecule has 96 valence electrons. The molecule has 1 aromatic rings. The number of hydrogen-bond donors (Lipinski definition) is 1. The Bertz CT molecular complexity index is 300. The van der Waals surface area contributed by atoms with E-state index in [9.17, 15) is 0 Å². The van der Waals surface area contributed by atoms with Crippen molar-refractivity contribution in [1.82, 2.24) is 5.32 Å². The molecule has 4 nitrogen and oxygen atoms in total. The molecular weight excluding hydrogens is 218 g/mol. The highest BCUT2D eigenvalue weighted by Crippen LogP contribution is 2.20. The first-order valence-corrected chi connectivity index (χ1v) is 5.71. The molecule has 0 bridgehead atoms. The summed E-state index contributed by atoms with van der Waals surface area (Å²) in [5.74, 6) is 0.855. The third kappa shape index (κ3) is 4.73. The number of ether oxygens (including phenoxy) is 3. The van der Waals surface area contributed by atoms with Crippen LogP contribution < -0.4 is 10.1 Å². The molecule has 0 heterocycles. The molecule has 0 saturated heterocycles. The van der Waals surface area contributed by atoms with Gasteiger partial charge in [-0.2, -0.15) is 0 Å². The fourth-order valence-corrected chi connectivity index (χ4v) is 1.55. The minimum atomic E-state index is 0.0426. The molecule has 1 atom stereocenters. The number of benzene rings is 1. The normalized spacial score (nSPS) is 12.4. The number of rotatable bonds is 8. The molecule has 17 heavy (non-hydrogen) atoms. The largest absolute Gasteiger partial charge is 0.497 e. The molecule has 4 heteroatoms. The number of methoxy groups -OCH3 is 2. The molecule has 0 aliphatic rings. The van der Waals surface area contributed by atoms with Crippen LogP contribution in [0, 0.1) is 0 Å².